The van der Waals surface area contributed by atoms with Gasteiger partial charge in [0.2, 0.25) is 0 Å². The number of benzene rings is 3. The Hall–Kier alpha value is -4.85. The van der Waals surface area contributed by atoms with Crippen molar-refractivity contribution in [3.05, 3.63) is 98.4 Å². The first-order valence-electron chi connectivity index (χ1n) is 11.2. The van der Waals surface area contributed by atoms with Crippen LogP contribution in [0, 0.1) is 0 Å². The second-order valence-electron chi connectivity index (χ2n) is 8.59. The molecule has 2 N–H and O–H groups in total. The molecule has 8 nitrogen and oxygen atoms in total. The minimum Gasteiger partial charge on any atom is -0.507 e. The van der Waals surface area contributed by atoms with Crippen molar-refractivity contribution in [3.8, 4) is 28.6 Å². The predicted molar refractivity (Wildman–Crippen MR) is 133 cm³/mol. The van der Waals surface area contributed by atoms with Crippen molar-refractivity contribution < 1.29 is 23.8 Å². The average Bonchev–Trinajstić information content (AvgIpc) is 2.87. The van der Waals surface area contributed by atoms with Crippen molar-refractivity contribution in [1.29, 1.82) is 0 Å². The summed E-state index contributed by atoms with van der Waals surface area (Å²) in [7, 11) is 1.54. The molecule has 0 saturated heterocycles. The third kappa shape index (κ3) is 3.42. The molecule has 0 saturated carbocycles. The normalized spacial score (nSPS) is 15.0. The zero-order valence-electron chi connectivity index (χ0n) is 19.0. The molecular formula is C28H19NO7. The van der Waals surface area contributed by atoms with Crippen LogP contribution in [0.1, 0.15) is 23.5 Å². The van der Waals surface area contributed by atoms with Crippen LogP contribution in [0.5, 0.6) is 17.2 Å². The molecule has 3 aromatic carbocycles. The molecule has 1 aliphatic rings. The maximum atomic E-state index is 13.2. The van der Waals surface area contributed by atoms with Crippen LogP contribution in [-0.2, 0) is 4.79 Å². The van der Waals surface area contributed by atoms with Crippen LogP contribution in [0.4, 0.5) is 0 Å². The fourth-order valence-electron chi connectivity index (χ4n) is 4.75. The van der Waals surface area contributed by atoms with Gasteiger partial charge < -0.3 is 24.0 Å². The number of hydrogen-bond donors (Lipinski definition) is 2. The zero-order chi connectivity index (χ0) is 25.0. The van der Waals surface area contributed by atoms with Gasteiger partial charge in [-0.1, -0.05) is 30.3 Å². The SMILES string of the molecule is COc1ccc2cc([C@@H]3CC(=O)Oc4cc(O)c5c(=O)cc(-c6ccccc6)oc5c43)c(=O)[nH]c2c1. The highest BCUT2D eigenvalue weighted by atomic mass is 16.5. The molecule has 0 spiro atoms. The van der Waals surface area contributed by atoms with E-state index in [1.807, 2.05) is 18.2 Å². The van der Waals surface area contributed by atoms with Crippen molar-refractivity contribution in [2.45, 2.75) is 12.3 Å². The van der Waals surface area contributed by atoms with Gasteiger partial charge in [-0.2, -0.15) is 0 Å². The van der Waals surface area contributed by atoms with Gasteiger partial charge in [-0.05, 0) is 23.6 Å². The average molecular weight is 481 g/mol. The van der Waals surface area contributed by atoms with Crippen LogP contribution in [0.3, 0.4) is 0 Å². The molecule has 1 atom stereocenters. The largest absolute Gasteiger partial charge is 0.507 e. The highest BCUT2D eigenvalue weighted by Gasteiger charge is 2.35. The molecule has 3 heterocycles. The second kappa shape index (κ2) is 8.13. The van der Waals surface area contributed by atoms with Crippen LogP contribution in [0.25, 0.3) is 33.2 Å². The number of hydrogen-bond acceptors (Lipinski definition) is 7. The Labute approximate surface area is 203 Å². The Kier molecular flexibility index (Phi) is 4.89. The summed E-state index contributed by atoms with van der Waals surface area (Å²) in [4.78, 5) is 41.7. The number of methoxy groups -OCH3 is 1. The van der Waals surface area contributed by atoms with Crippen LogP contribution in [0.15, 0.2) is 80.7 Å². The molecule has 8 heteroatoms. The first kappa shape index (κ1) is 21.7. The van der Waals surface area contributed by atoms with E-state index in [-0.39, 0.29) is 34.6 Å². The molecule has 0 amide bonds. The van der Waals surface area contributed by atoms with Crippen molar-refractivity contribution in [2.75, 3.05) is 7.11 Å². The summed E-state index contributed by atoms with van der Waals surface area (Å²) in [5.41, 5.74) is 1.13. The van der Waals surface area contributed by atoms with E-state index in [4.69, 9.17) is 13.9 Å². The molecule has 2 aromatic heterocycles. The van der Waals surface area contributed by atoms with Crippen molar-refractivity contribution in [1.82, 2.24) is 4.98 Å². The molecule has 1 aliphatic heterocycles. The van der Waals surface area contributed by atoms with Crippen molar-refractivity contribution in [3.63, 3.8) is 0 Å². The summed E-state index contributed by atoms with van der Waals surface area (Å²) in [6.07, 6.45) is -0.142. The number of esters is 1. The minimum absolute atomic E-state index is 0.0432. The van der Waals surface area contributed by atoms with Crippen LogP contribution < -0.4 is 20.5 Å². The number of aromatic amines is 1. The topological polar surface area (TPSA) is 119 Å². The smallest absolute Gasteiger partial charge is 0.312 e. The second-order valence-corrected chi connectivity index (χ2v) is 8.59. The number of H-pyrrole nitrogens is 1. The molecule has 6 rings (SSSR count). The quantitative estimate of drug-likeness (QED) is 0.289. The maximum Gasteiger partial charge on any atom is 0.312 e. The number of ether oxygens (including phenoxy) is 2. The van der Waals surface area contributed by atoms with E-state index in [1.165, 1.54) is 19.2 Å². The van der Waals surface area contributed by atoms with E-state index in [2.05, 4.69) is 4.98 Å². The van der Waals surface area contributed by atoms with Gasteiger partial charge in [0.05, 0.1) is 19.0 Å². The molecule has 0 radical (unpaired) electrons. The summed E-state index contributed by atoms with van der Waals surface area (Å²) in [5.74, 6) is -0.782. The van der Waals surface area contributed by atoms with Gasteiger partial charge in [-0.3, -0.25) is 14.4 Å². The molecule has 36 heavy (non-hydrogen) atoms. The monoisotopic (exact) mass is 481 g/mol. The number of phenols is 1. The summed E-state index contributed by atoms with van der Waals surface area (Å²) >= 11 is 0. The van der Waals surface area contributed by atoms with Gasteiger partial charge in [-0.15, -0.1) is 0 Å². The van der Waals surface area contributed by atoms with Crippen LogP contribution in [-0.4, -0.2) is 23.2 Å². The fourth-order valence-corrected chi connectivity index (χ4v) is 4.75. The molecule has 0 unspecified atom stereocenters. The van der Waals surface area contributed by atoms with E-state index in [1.54, 1.807) is 36.4 Å². The number of pyridine rings is 1. The van der Waals surface area contributed by atoms with Crippen molar-refractivity contribution >= 4 is 27.8 Å². The highest BCUT2D eigenvalue weighted by Crippen LogP contribution is 2.45. The molecule has 178 valence electrons. The Morgan fingerprint density at radius 3 is 2.58 bits per heavy atom. The Morgan fingerprint density at radius 2 is 1.81 bits per heavy atom. The van der Waals surface area contributed by atoms with Gasteiger partial charge in [0, 0.05) is 40.8 Å². The minimum atomic E-state index is -0.770. The highest BCUT2D eigenvalue weighted by molar-refractivity contribution is 5.93. The lowest BCUT2D eigenvalue weighted by molar-refractivity contribution is -0.135. The molecule has 0 bridgehead atoms. The lowest BCUT2D eigenvalue weighted by Gasteiger charge is -2.25. The fraction of sp³-hybridized carbons (Fsp3) is 0.107. The van der Waals surface area contributed by atoms with Crippen LogP contribution in [0.2, 0.25) is 0 Å². The number of aromatic hydroxyl groups is 1. The Bertz CT molecular complexity index is 1800. The third-order valence-corrected chi connectivity index (χ3v) is 6.44. The van der Waals surface area contributed by atoms with Gasteiger partial charge in [-0.25, -0.2) is 0 Å². The zero-order valence-corrected chi connectivity index (χ0v) is 19.0. The Morgan fingerprint density at radius 1 is 1.00 bits per heavy atom. The molecule has 0 aliphatic carbocycles. The maximum absolute atomic E-state index is 13.2. The first-order valence-corrected chi connectivity index (χ1v) is 11.2. The lowest BCUT2D eigenvalue weighted by atomic mass is 9.85. The number of nitrogens with one attached hydrogen (secondary N) is 1. The van der Waals surface area contributed by atoms with E-state index >= 15 is 0 Å². The molecule has 0 fully saturated rings. The van der Waals surface area contributed by atoms with E-state index < -0.39 is 22.9 Å². The summed E-state index contributed by atoms with van der Waals surface area (Å²) in [5, 5.41) is 11.3. The van der Waals surface area contributed by atoms with Gasteiger partial charge in [0.1, 0.15) is 34.0 Å². The standard InChI is InChI=1S/C28H19NO7/c1-34-16-8-7-15-9-18(28(33)29-19(15)10-16)17-11-24(32)35-23-13-21(31)26-20(30)12-22(36-27(26)25(17)23)14-5-3-2-4-6-14/h2-10,12-13,17,31H,11H2,1H3,(H,29,33)/t17-/m0/s1. The first-order chi connectivity index (χ1) is 17.4. The number of rotatable bonds is 3. The number of phenolic OH excluding ortho intramolecular Hbond substituents is 1. The van der Waals surface area contributed by atoms with Gasteiger partial charge in [0.25, 0.3) is 5.56 Å². The van der Waals surface area contributed by atoms with E-state index in [9.17, 15) is 19.5 Å². The number of carbonyl (C=O) groups is 1. The number of fused-ring (bicyclic) bond motifs is 4. The summed E-state index contributed by atoms with van der Waals surface area (Å²) in [6.45, 7) is 0. The van der Waals surface area contributed by atoms with Crippen LogP contribution >= 0.6 is 0 Å². The number of aromatic nitrogens is 1. The predicted octanol–water partition coefficient (Wildman–Crippen LogP) is 4.46. The molecule has 5 aromatic rings. The third-order valence-electron chi connectivity index (χ3n) is 6.44. The summed E-state index contributed by atoms with van der Waals surface area (Å²) in [6, 6.07) is 18.6. The van der Waals surface area contributed by atoms with Crippen molar-refractivity contribution in [2.24, 2.45) is 0 Å². The van der Waals surface area contributed by atoms with Gasteiger partial charge >= 0.3 is 5.97 Å². The van der Waals surface area contributed by atoms with Gasteiger partial charge in [0.15, 0.2) is 5.43 Å². The van der Waals surface area contributed by atoms with E-state index in [0.29, 0.717) is 28.0 Å². The number of carbonyl (C=O) groups excluding carboxylic acids is 1. The summed E-state index contributed by atoms with van der Waals surface area (Å²) < 4.78 is 16.8. The lowest BCUT2D eigenvalue weighted by Crippen LogP contribution is -2.26. The van der Waals surface area contributed by atoms with E-state index in [0.717, 1.165) is 5.39 Å². The molecular weight excluding hydrogens is 462 g/mol. The Balaban J connectivity index is 1.64.